The Kier molecular flexibility index (Phi) is 5.11. The lowest BCUT2D eigenvalue weighted by Gasteiger charge is -2.07. The first-order valence-electron chi connectivity index (χ1n) is 6.43. The molecule has 1 amide bonds. The maximum Gasteiger partial charge on any atom is 0.251 e. The van der Waals surface area contributed by atoms with Gasteiger partial charge in [-0.25, -0.2) is 13.1 Å². The van der Waals surface area contributed by atoms with E-state index in [0.717, 1.165) is 4.88 Å². The summed E-state index contributed by atoms with van der Waals surface area (Å²) in [6, 6.07) is 9.83. The van der Waals surface area contributed by atoms with Gasteiger partial charge >= 0.3 is 0 Å². The van der Waals surface area contributed by atoms with Crippen molar-refractivity contribution in [2.45, 2.75) is 18.4 Å². The van der Waals surface area contributed by atoms with Crippen LogP contribution in [0.1, 0.15) is 22.2 Å². The molecular weight excluding hydrogens is 308 g/mol. The summed E-state index contributed by atoms with van der Waals surface area (Å²) < 4.78 is 26.2. The van der Waals surface area contributed by atoms with Gasteiger partial charge in [-0.3, -0.25) is 4.79 Å². The molecule has 0 unspecified atom stereocenters. The van der Waals surface area contributed by atoms with Gasteiger partial charge in [0.2, 0.25) is 10.0 Å². The molecule has 2 aromatic rings. The highest BCUT2D eigenvalue weighted by Gasteiger charge is 2.15. The van der Waals surface area contributed by atoms with E-state index in [0.29, 0.717) is 18.7 Å². The molecule has 0 fully saturated rings. The van der Waals surface area contributed by atoms with Gasteiger partial charge in [-0.15, -0.1) is 11.3 Å². The van der Waals surface area contributed by atoms with Crippen molar-refractivity contribution in [2.24, 2.45) is 0 Å². The Morgan fingerprint density at radius 3 is 2.71 bits per heavy atom. The molecule has 5 nitrogen and oxygen atoms in total. The van der Waals surface area contributed by atoms with Crippen LogP contribution in [0.25, 0.3) is 0 Å². The smallest absolute Gasteiger partial charge is 0.251 e. The minimum atomic E-state index is -3.55. The topological polar surface area (TPSA) is 75.3 Å². The molecule has 112 valence electrons. The third-order valence-electron chi connectivity index (χ3n) is 2.74. The van der Waals surface area contributed by atoms with Crippen molar-refractivity contribution in [1.29, 1.82) is 0 Å². The van der Waals surface area contributed by atoms with Crippen molar-refractivity contribution >= 4 is 27.3 Å². The lowest BCUT2D eigenvalue weighted by Crippen LogP contribution is -2.25. The van der Waals surface area contributed by atoms with Gasteiger partial charge in [0.15, 0.2) is 0 Å². The quantitative estimate of drug-likeness (QED) is 0.853. The van der Waals surface area contributed by atoms with Crippen molar-refractivity contribution in [1.82, 2.24) is 10.0 Å². The number of amides is 1. The third kappa shape index (κ3) is 4.13. The molecule has 0 atom stereocenters. The molecule has 0 bridgehead atoms. The predicted octanol–water partition coefficient (Wildman–Crippen LogP) is 1.98. The van der Waals surface area contributed by atoms with Crippen LogP contribution in [0.4, 0.5) is 0 Å². The van der Waals surface area contributed by atoms with Crippen molar-refractivity contribution in [2.75, 3.05) is 6.54 Å². The number of carbonyl (C=O) groups excluding carboxylic acids is 1. The zero-order chi connectivity index (χ0) is 15.3. The van der Waals surface area contributed by atoms with Gasteiger partial charge in [0, 0.05) is 17.0 Å². The van der Waals surface area contributed by atoms with Crippen LogP contribution in [0.5, 0.6) is 0 Å². The fourth-order valence-electron chi connectivity index (χ4n) is 1.76. The van der Waals surface area contributed by atoms with Gasteiger partial charge in [0.1, 0.15) is 0 Å². The Bertz CT molecular complexity index is 710. The summed E-state index contributed by atoms with van der Waals surface area (Å²) in [6.45, 7) is 2.44. The van der Waals surface area contributed by atoms with E-state index in [1.165, 1.54) is 12.1 Å². The van der Waals surface area contributed by atoms with Crippen LogP contribution in [-0.4, -0.2) is 20.9 Å². The summed E-state index contributed by atoms with van der Waals surface area (Å²) in [5, 5.41) is 4.70. The molecule has 0 aliphatic rings. The number of hydrogen-bond acceptors (Lipinski definition) is 4. The number of nitrogens with one attached hydrogen (secondary N) is 2. The maximum atomic E-state index is 12.1. The number of carbonyl (C=O) groups is 1. The molecule has 1 heterocycles. The van der Waals surface area contributed by atoms with Gasteiger partial charge in [-0.1, -0.05) is 19.1 Å². The van der Waals surface area contributed by atoms with Crippen LogP contribution in [0.15, 0.2) is 46.7 Å². The summed E-state index contributed by atoms with van der Waals surface area (Å²) in [6.07, 6.45) is 0. The van der Waals surface area contributed by atoms with Gasteiger partial charge in [0.05, 0.1) is 11.4 Å². The zero-order valence-corrected chi connectivity index (χ0v) is 13.1. The van der Waals surface area contributed by atoms with Gasteiger partial charge < -0.3 is 5.32 Å². The minimum absolute atomic E-state index is 0.0909. The molecule has 0 aliphatic heterocycles. The zero-order valence-electron chi connectivity index (χ0n) is 11.5. The van der Waals surface area contributed by atoms with Crippen LogP contribution in [0, 0.1) is 0 Å². The van der Waals surface area contributed by atoms with Gasteiger partial charge in [-0.05, 0) is 29.6 Å². The molecule has 7 heteroatoms. The van der Waals surface area contributed by atoms with E-state index < -0.39 is 10.0 Å². The fourth-order valence-corrected chi connectivity index (χ4v) is 3.49. The Morgan fingerprint density at radius 2 is 2.05 bits per heavy atom. The van der Waals surface area contributed by atoms with Crippen molar-refractivity contribution in [3.8, 4) is 0 Å². The number of rotatable bonds is 6. The number of hydrogen-bond donors (Lipinski definition) is 2. The summed E-state index contributed by atoms with van der Waals surface area (Å²) in [4.78, 5) is 13.2. The molecule has 0 saturated heterocycles. The van der Waals surface area contributed by atoms with Crippen LogP contribution < -0.4 is 10.0 Å². The highest BCUT2D eigenvalue weighted by Crippen LogP contribution is 2.12. The number of benzene rings is 1. The average Bonchev–Trinajstić information content (AvgIpc) is 2.98. The Labute approximate surface area is 128 Å². The lowest BCUT2D eigenvalue weighted by molar-refractivity contribution is 0.0951. The molecule has 1 aromatic heterocycles. The second-order valence-electron chi connectivity index (χ2n) is 4.29. The predicted molar refractivity (Wildman–Crippen MR) is 82.8 cm³/mol. The molecule has 0 radical (unpaired) electrons. The van der Waals surface area contributed by atoms with E-state index in [1.807, 2.05) is 17.5 Å². The van der Waals surface area contributed by atoms with E-state index in [4.69, 9.17) is 0 Å². The normalized spacial score (nSPS) is 11.3. The van der Waals surface area contributed by atoms with E-state index in [1.54, 1.807) is 30.4 Å². The van der Waals surface area contributed by atoms with Crippen LogP contribution in [0.2, 0.25) is 0 Å². The van der Waals surface area contributed by atoms with Crippen LogP contribution in [-0.2, 0) is 16.6 Å². The maximum absolute atomic E-state index is 12.1. The SMILES string of the molecule is CCNS(=O)(=O)c1cccc(C(=O)NCc2cccs2)c1. The van der Waals surface area contributed by atoms with E-state index in [2.05, 4.69) is 10.0 Å². The second-order valence-corrected chi connectivity index (χ2v) is 7.09. The molecular formula is C14H16N2O3S2. The Hall–Kier alpha value is -1.70. The van der Waals surface area contributed by atoms with E-state index >= 15 is 0 Å². The van der Waals surface area contributed by atoms with Gasteiger partial charge in [-0.2, -0.15) is 0 Å². The summed E-state index contributed by atoms with van der Waals surface area (Å²) in [7, 11) is -3.55. The first-order valence-corrected chi connectivity index (χ1v) is 8.79. The van der Waals surface area contributed by atoms with Crippen molar-refractivity contribution in [3.63, 3.8) is 0 Å². The first-order chi connectivity index (χ1) is 10.0. The monoisotopic (exact) mass is 324 g/mol. The fraction of sp³-hybridized carbons (Fsp3) is 0.214. The van der Waals surface area contributed by atoms with Crippen molar-refractivity contribution in [3.05, 3.63) is 52.2 Å². The lowest BCUT2D eigenvalue weighted by atomic mass is 10.2. The summed E-state index contributed by atoms with van der Waals surface area (Å²) in [5.74, 6) is -0.294. The standard InChI is InChI=1S/C14H16N2O3S2/c1-2-16-21(18,19)13-7-3-5-11(9-13)14(17)15-10-12-6-4-8-20-12/h3-9,16H,2,10H2,1H3,(H,15,17). The average molecular weight is 324 g/mol. The Balaban J connectivity index is 2.11. The summed E-state index contributed by atoms with van der Waals surface area (Å²) in [5.41, 5.74) is 0.325. The van der Waals surface area contributed by atoms with Gasteiger partial charge in [0.25, 0.3) is 5.91 Å². The Morgan fingerprint density at radius 1 is 1.24 bits per heavy atom. The highest BCUT2D eigenvalue weighted by atomic mass is 32.2. The first kappa shape index (κ1) is 15.7. The largest absolute Gasteiger partial charge is 0.347 e. The third-order valence-corrected chi connectivity index (χ3v) is 5.16. The molecule has 2 N–H and O–H groups in total. The highest BCUT2D eigenvalue weighted by molar-refractivity contribution is 7.89. The van der Waals surface area contributed by atoms with Crippen LogP contribution >= 0.6 is 11.3 Å². The molecule has 2 rings (SSSR count). The van der Waals surface area contributed by atoms with Crippen LogP contribution in [0.3, 0.4) is 0 Å². The molecule has 0 aliphatic carbocycles. The second kappa shape index (κ2) is 6.84. The van der Waals surface area contributed by atoms with Crippen molar-refractivity contribution < 1.29 is 13.2 Å². The molecule has 0 spiro atoms. The molecule has 21 heavy (non-hydrogen) atoms. The number of thiophene rings is 1. The van der Waals surface area contributed by atoms with E-state index in [9.17, 15) is 13.2 Å². The number of sulfonamides is 1. The molecule has 1 aromatic carbocycles. The molecule has 0 saturated carbocycles. The van der Waals surface area contributed by atoms with E-state index in [-0.39, 0.29) is 10.8 Å². The minimum Gasteiger partial charge on any atom is -0.347 e. The summed E-state index contributed by atoms with van der Waals surface area (Å²) >= 11 is 1.55.